The number of fused-ring (bicyclic) bond motifs is 2. The number of pyridine rings is 1. The summed E-state index contributed by atoms with van der Waals surface area (Å²) in [5.74, 6) is 2.36. The van der Waals surface area contributed by atoms with Gasteiger partial charge in [-0.2, -0.15) is 4.98 Å². The van der Waals surface area contributed by atoms with Crippen LogP contribution in [0.5, 0.6) is 11.6 Å². The van der Waals surface area contributed by atoms with Crippen molar-refractivity contribution in [2.45, 2.75) is 6.42 Å². The van der Waals surface area contributed by atoms with Crippen LogP contribution in [0, 0.1) is 0 Å². The smallest absolute Gasteiger partial charge is 0.215 e. The Morgan fingerprint density at radius 1 is 1.20 bits per heavy atom. The number of ether oxygens (including phenoxy) is 2. The lowest BCUT2D eigenvalue weighted by molar-refractivity contribution is 0.357. The number of methoxy groups -OCH3 is 1. The van der Waals surface area contributed by atoms with E-state index >= 15 is 0 Å². The summed E-state index contributed by atoms with van der Waals surface area (Å²) in [6, 6.07) is 9.88. The van der Waals surface area contributed by atoms with Gasteiger partial charge in [0.25, 0.3) is 0 Å². The molecule has 0 saturated heterocycles. The number of imidazole rings is 1. The molecular weight excluding hydrogens is 254 g/mol. The second-order valence-corrected chi connectivity index (χ2v) is 4.73. The van der Waals surface area contributed by atoms with Gasteiger partial charge < -0.3 is 14.5 Å². The number of benzene rings is 1. The van der Waals surface area contributed by atoms with Gasteiger partial charge in [-0.1, -0.05) is 0 Å². The Bertz CT molecular complexity index is 795. The van der Waals surface area contributed by atoms with E-state index in [0.29, 0.717) is 11.5 Å². The molecular formula is C15H13N3O2. The van der Waals surface area contributed by atoms with E-state index in [4.69, 9.17) is 9.47 Å². The number of H-pyrrole nitrogens is 1. The van der Waals surface area contributed by atoms with Gasteiger partial charge in [-0.3, -0.25) is 0 Å². The minimum atomic E-state index is 0.568. The maximum absolute atomic E-state index is 5.52. The Labute approximate surface area is 115 Å². The summed E-state index contributed by atoms with van der Waals surface area (Å²) in [5.41, 5.74) is 3.84. The van der Waals surface area contributed by atoms with Gasteiger partial charge in [-0.15, -0.1) is 0 Å². The maximum Gasteiger partial charge on any atom is 0.215 e. The van der Waals surface area contributed by atoms with Crippen molar-refractivity contribution in [2.75, 3.05) is 13.7 Å². The van der Waals surface area contributed by atoms with E-state index in [1.54, 1.807) is 7.11 Å². The molecule has 100 valence electrons. The zero-order chi connectivity index (χ0) is 13.5. The van der Waals surface area contributed by atoms with Crippen molar-refractivity contribution >= 4 is 11.2 Å². The zero-order valence-electron chi connectivity index (χ0n) is 11.0. The summed E-state index contributed by atoms with van der Waals surface area (Å²) in [4.78, 5) is 12.1. The Morgan fingerprint density at radius 3 is 3.05 bits per heavy atom. The number of aromatic nitrogens is 3. The highest BCUT2D eigenvalue weighted by Gasteiger charge is 2.14. The molecule has 0 aliphatic carbocycles. The molecule has 0 bridgehead atoms. The summed E-state index contributed by atoms with van der Waals surface area (Å²) in [6.07, 6.45) is 0.954. The zero-order valence-corrected chi connectivity index (χ0v) is 11.0. The fourth-order valence-corrected chi connectivity index (χ4v) is 2.46. The second kappa shape index (κ2) is 4.23. The highest BCUT2D eigenvalue weighted by atomic mass is 16.5. The topological polar surface area (TPSA) is 60.0 Å². The number of rotatable bonds is 2. The number of hydrogen-bond donors (Lipinski definition) is 1. The summed E-state index contributed by atoms with van der Waals surface area (Å²) in [6.45, 7) is 0.762. The fourth-order valence-electron chi connectivity index (χ4n) is 2.46. The first-order chi connectivity index (χ1) is 9.83. The normalized spacial score (nSPS) is 13.2. The van der Waals surface area contributed by atoms with Crippen LogP contribution in [0.15, 0.2) is 30.3 Å². The molecule has 2 aromatic heterocycles. The summed E-state index contributed by atoms with van der Waals surface area (Å²) < 4.78 is 10.6. The first-order valence-electron chi connectivity index (χ1n) is 6.50. The van der Waals surface area contributed by atoms with Crippen molar-refractivity contribution in [3.8, 4) is 23.0 Å². The summed E-state index contributed by atoms with van der Waals surface area (Å²) in [7, 11) is 1.60. The monoisotopic (exact) mass is 267 g/mol. The third-order valence-electron chi connectivity index (χ3n) is 3.49. The lowest BCUT2D eigenvalue weighted by atomic mass is 10.1. The van der Waals surface area contributed by atoms with E-state index in [2.05, 4.69) is 21.0 Å². The standard InChI is InChI=1S/C15H13N3O2/c1-19-13-5-3-11-15(17-13)18-14(16-11)10-2-4-12-9(8-10)6-7-20-12/h2-5,8H,6-7H2,1H3,(H,16,17,18). The molecule has 0 radical (unpaired) electrons. The first kappa shape index (κ1) is 11.3. The average molecular weight is 267 g/mol. The van der Waals surface area contributed by atoms with Crippen molar-refractivity contribution in [1.82, 2.24) is 15.0 Å². The Balaban J connectivity index is 1.81. The predicted octanol–water partition coefficient (Wildman–Crippen LogP) is 2.57. The summed E-state index contributed by atoms with van der Waals surface area (Å²) >= 11 is 0. The summed E-state index contributed by atoms with van der Waals surface area (Å²) in [5, 5.41) is 0. The van der Waals surface area contributed by atoms with Gasteiger partial charge in [0.1, 0.15) is 11.6 Å². The molecule has 3 heterocycles. The highest BCUT2D eigenvalue weighted by molar-refractivity contribution is 5.76. The van der Waals surface area contributed by atoms with E-state index in [1.165, 1.54) is 5.56 Å². The van der Waals surface area contributed by atoms with Crippen molar-refractivity contribution in [3.63, 3.8) is 0 Å². The van der Waals surface area contributed by atoms with Gasteiger partial charge in [-0.05, 0) is 29.8 Å². The van der Waals surface area contributed by atoms with Gasteiger partial charge in [0.05, 0.1) is 19.2 Å². The molecule has 4 rings (SSSR count). The van der Waals surface area contributed by atoms with Crippen molar-refractivity contribution < 1.29 is 9.47 Å². The molecule has 1 aromatic carbocycles. The largest absolute Gasteiger partial charge is 0.493 e. The predicted molar refractivity (Wildman–Crippen MR) is 75.1 cm³/mol. The van der Waals surface area contributed by atoms with Crippen LogP contribution < -0.4 is 9.47 Å². The van der Waals surface area contributed by atoms with Crippen LogP contribution in [0.25, 0.3) is 22.6 Å². The SMILES string of the molecule is COc1ccc2[nH]c(-c3ccc4c(c3)CCO4)nc2n1. The van der Waals surface area contributed by atoms with Crippen molar-refractivity contribution in [1.29, 1.82) is 0 Å². The van der Waals surface area contributed by atoms with Crippen LogP contribution in [-0.4, -0.2) is 28.7 Å². The molecule has 5 nitrogen and oxygen atoms in total. The third kappa shape index (κ3) is 1.71. The molecule has 0 amide bonds. The van der Waals surface area contributed by atoms with Crippen LogP contribution in [-0.2, 0) is 6.42 Å². The molecule has 0 spiro atoms. The molecule has 5 heteroatoms. The third-order valence-corrected chi connectivity index (χ3v) is 3.49. The molecule has 1 N–H and O–H groups in total. The number of nitrogens with zero attached hydrogens (tertiary/aromatic N) is 2. The van der Waals surface area contributed by atoms with Crippen molar-refractivity contribution in [3.05, 3.63) is 35.9 Å². The molecule has 0 atom stereocenters. The number of aromatic amines is 1. The molecule has 0 saturated carbocycles. The molecule has 0 fully saturated rings. The van der Waals surface area contributed by atoms with E-state index in [1.807, 2.05) is 24.3 Å². The quantitative estimate of drug-likeness (QED) is 0.775. The number of hydrogen-bond acceptors (Lipinski definition) is 4. The van der Waals surface area contributed by atoms with Crippen LogP contribution in [0.4, 0.5) is 0 Å². The van der Waals surface area contributed by atoms with Crippen LogP contribution in [0.2, 0.25) is 0 Å². The second-order valence-electron chi connectivity index (χ2n) is 4.73. The van der Waals surface area contributed by atoms with Gasteiger partial charge in [0.2, 0.25) is 5.88 Å². The Morgan fingerprint density at radius 2 is 2.15 bits per heavy atom. The van der Waals surface area contributed by atoms with E-state index < -0.39 is 0 Å². The number of nitrogens with one attached hydrogen (secondary N) is 1. The highest BCUT2D eigenvalue weighted by Crippen LogP contribution is 2.30. The Kier molecular flexibility index (Phi) is 2.39. The van der Waals surface area contributed by atoms with Gasteiger partial charge >= 0.3 is 0 Å². The molecule has 20 heavy (non-hydrogen) atoms. The van der Waals surface area contributed by atoms with Gasteiger partial charge in [-0.25, -0.2) is 4.98 Å². The maximum atomic E-state index is 5.52. The Hall–Kier alpha value is -2.56. The molecule has 3 aromatic rings. The van der Waals surface area contributed by atoms with Crippen LogP contribution >= 0.6 is 0 Å². The van der Waals surface area contributed by atoms with E-state index in [9.17, 15) is 0 Å². The van der Waals surface area contributed by atoms with Crippen molar-refractivity contribution in [2.24, 2.45) is 0 Å². The molecule has 1 aliphatic heterocycles. The van der Waals surface area contributed by atoms with Gasteiger partial charge in [0, 0.05) is 18.1 Å². The van der Waals surface area contributed by atoms with Crippen LogP contribution in [0.3, 0.4) is 0 Å². The van der Waals surface area contributed by atoms with Gasteiger partial charge in [0.15, 0.2) is 5.65 Å². The molecule has 0 unspecified atom stereocenters. The lowest BCUT2D eigenvalue weighted by Gasteiger charge is -2.00. The minimum Gasteiger partial charge on any atom is -0.493 e. The van der Waals surface area contributed by atoms with Crippen LogP contribution in [0.1, 0.15) is 5.56 Å². The first-order valence-corrected chi connectivity index (χ1v) is 6.50. The lowest BCUT2D eigenvalue weighted by Crippen LogP contribution is -1.86. The average Bonchev–Trinajstić information content (AvgIpc) is 3.11. The molecule has 1 aliphatic rings. The van der Waals surface area contributed by atoms with E-state index in [0.717, 1.165) is 35.7 Å². The fraction of sp³-hybridized carbons (Fsp3) is 0.200. The van der Waals surface area contributed by atoms with E-state index in [-0.39, 0.29) is 0 Å². The minimum absolute atomic E-state index is 0.568.